The second-order valence-electron chi connectivity index (χ2n) is 9.60. The largest absolute Gasteiger partial charge is 0.504 e. The average molecular weight is 587 g/mol. The summed E-state index contributed by atoms with van der Waals surface area (Å²) in [5.41, 5.74) is 0.679. The number of anilines is 2. The molecule has 2 aromatic carbocycles. The van der Waals surface area contributed by atoms with Gasteiger partial charge in [-0.25, -0.2) is 0 Å². The fraction of sp³-hybridized carbons (Fsp3) is 0.357. The summed E-state index contributed by atoms with van der Waals surface area (Å²) in [6.07, 6.45) is 4.77. The van der Waals surface area contributed by atoms with Crippen LogP contribution in [0.1, 0.15) is 49.5 Å². The molecule has 1 aliphatic rings. The van der Waals surface area contributed by atoms with Crippen molar-refractivity contribution in [1.29, 1.82) is 0 Å². The number of aryl methyl sites for hydroxylation is 1. The van der Waals surface area contributed by atoms with Crippen LogP contribution in [0, 0.1) is 6.92 Å². The fourth-order valence-corrected chi connectivity index (χ4v) is 5.48. The Balaban J connectivity index is 1.60. The van der Waals surface area contributed by atoms with Gasteiger partial charge in [0, 0.05) is 22.8 Å². The Bertz CT molecular complexity index is 1360. The summed E-state index contributed by atoms with van der Waals surface area (Å²) in [5.74, 6) is -1.34. The molecule has 0 bridgehead atoms. The van der Waals surface area contributed by atoms with E-state index in [0.717, 1.165) is 43.9 Å². The third kappa shape index (κ3) is 7.70. The van der Waals surface area contributed by atoms with Gasteiger partial charge in [-0.1, -0.05) is 48.2 Å². The minimum absolute atomic E-state index is 0.0380. The number of nitrogens with zero attached hydrogens (tertiary/aromatic N) is 2. The molecule has 0 saturated heterocycles. The molecule has 4 N–H and O–H groups in total. The second-order valence-corrected chi connectivity index (χ2v) is 11.0. The van der Waals surface area contributed by atoms with Crippen LogP contribution in [0.25, 0.3) is 0 Å². The number of carbonyl (C=O) groups is 3. The van der Waals surface area contributed by atoms with E-state index in [1.165, 1.54) is 23.1 Å². The highest BCUT2D eigenvalue weighted by molar-refractivity contribution is 8.00. The van der Waals surface area contributed by atoms with Gasteiger partial charge >= 0.3 is 0 Å². The van der Waals surface area contributed by atoms with Crippen LogP contribution in [0.2, 0.25) is 5.02 Å². The topological polar surface area (TPSA) is 145 Å². The van der Waals surface area contributed by atoms with Crippen molar-refractivity contribution in [2.75, 3.05) is 21.7 Å². The fourth-order valence-electron chi connectivity index (χ4n) is 4.62. The van der Waals surface area contributed by atoms with E-state index < -0.39 is 23.6 Å². The van der Waals surface area contributed by atoms with Crippen LogP contribution in [-0.2, 0) is 14.4 Å². The Hall–Kier alpha value is -3.70. The van der Waals surface area contributed by atoms with Gasteiger partial charge in [-0.3, -0.25) is 19.3 Å². The molecule has 3 amide bonds. The number of thioether (sulfide) groups is 1. The van der Waals surface area contributed by atoms with Crippen molar-refractivity contribution in [2.24, 2.45) is 0 Å². The van der Waals surface area contributed by atoms with Crippen LogP contribution in [-0.4, -0.2) is 50.6 Å². The van der Waals surface area contributed by atoms with E-state index in [4.69, 9.17) is 16.1 Å². The van der Waals surface area contributed by atoms with E-state index in [-0.39, 0.29) is 35.0 Å². The molecule has 0 aliphatic heterocycles. The van der Waals surface area contributed by atoms with Crippen molar-refractivity contribution in [2.45, 2.75) is 51.1 Å². The summed E-state index contributed by atoms with van der Waals surface area (Å²) >= 11 is 7.34. The SMILES string of the molecule is Cc1cc(NC(=O)CSCC(=O)N(c2cccc(Cl)c2)[C@@H](C(=O)NC2CCCCC2)c2ccc(O)c(O)c2)no1. The minimum Gasteiger partial charge on any atom is -0.504 e. The van der Waals surface area contributed by atoms with Crippen molar-refractivity contribution in [3.63, 3.8) is 0 Å². The van der Waals surface area contributed by atoms with Gasteiger partial charge in [0.1, 0.15) is 11.8 Å². The van der Waals surface area contributed by atoms with Gasteiger partial charge in [0.15, 0.2) is 17.3 Å². The van der Waals surface area contributed by atoms with Crippen LogP contribution in [0.5, 0.6) is 11.5 Å². The highest BCUT2D eigenvalue weighted by atomic mass is 35.5. The quantitative estimate of drug-likeness (QED) is 0.244. The first-order valence-electron chi connectivity index (χ1n) is 12.9. The third-order valence-corrected chi connectivity index (χ3v) is 7.64. The molecule has 1 aliphatic carbocycles. The summed E-state index contributed by atoms with van der Waals surface area (Å²) in [6.45, 7) is 1.70. The molecular weight excluding hydrogens is 556 g/mol. The molecule has 0 spiro atoms. The second kappa shape index (κ2) is 13.6. The molecule has 0 unspecified atom stereocenters. The third-order valence-electron chi connectivity index (χ3n) is 6.48. The van der Waals surface area contributed by atoms with Crippen molar-refractivity contribution in [3.05, 3.63) is 64.9 Å². The number of hydrogen-bond acceptors (Lipinski definition) is 8. The number of rotatable bonds is 10. The predicted octanol–water partition coefficient (Wildman–Crippen LogP) is 4.94. The van der Waals surface area contributed by atoms with Crippen LogP contribution in [0.15, 0.2) is 53.1 Å². The highest BCUT2D eigenvalue weighted by Gasteiger charge is 2.34. The van der Waals surface area contributed by atoms with Gasteiger partial charge in [-0.2, -0.15) is 0 Å². The van der Waals surface area contributed by atoms with Gasteiger partial charge in [-0.15, -0.1) is 11.8 Å². The first kappa shape index (κ1) is 29.3. The van der Waals surface area contributed by atoms with E-state index >= 15 is 0 Å². The highest BCUT2D eigenvalue weighted by Crippen LogP contribution is 2.35. The zero-order chi connectivity index (χ0) is 28.6. The first-order valence-corrected chi connectivity index (χ1v) is 14.5. The summed E-state index contributed by atoms with van der Waals surface area (Å²) in [5, 5.41) is 29.9. The van der Waals surface area contributed by atoms with Crippen molar-refractivity contribution in [1.82, 2.24) is 10.5 Å². The number of halogens is 1. The molecule has 4 rings (SSSR count). The number of hydrogen-bond donors (Lipinski definition) is 4. The monoisotopic (exact) mass is 586 g/mol. The Morgan fingerprint density at radius 1 is 1.07 bits per heavy atom. The smallest absolute Gasteiger partial charge is 0.248 e. The average Bonchev–Trinajstić information content (AvgIpc) is 3.33. The molecule has 0 radical (unpaired) electrons. The maximum Gasteiger partial charge on any atom is 0.248 e. The molecule has 12 heteroatoms. The molecule has 1 saturated carbocycles. The van der Waals surface area contributed by atoms with E-state index in [9.17, 15) is 24.6 Å². The summed E-state index contributed by atoms with van der Waals surface area (Å²) in [7, 11) is 0. The molecule has 1 fully saturated rings. The Labute approximate surface area is 241 Å². The molecule has 1 aromatic heterocycles. The minimum atomic E-state index is -1.17. The molecule has 1 heterocycles. The Morgan fingerprint density at radius 2 is 1.85 bits per heavy atom. The van der Waals surface area contributed by atoms with Crippen LogP contribution in [0.3, 0.4) is 0 Å². The van der Waals surface area contributed by atoms with Crippen molar-refractivity contribution >= 4 is 52.6 Å². The van der Waals surface area contributed by atoms with E-state index in [1.807, 2.05) is 0 Å². The lowest BCUT2D eigenvalue weighted by Crippen LogP contribution is -2.48. The van der Waals surface area contributed by atoms with Crippen LogP contribution < -0.4 is 15.5 Å². The number of aromatic nitrogens is 1. The first-order chi connectivity index (χ1) is 19.2. The number of aromatic hydroxyl groups is 2. The number of amides is 3. The Kier molecular flexibility index (Phi) is 9.94. The molecule has 1 atom stereocenters. The van der Waals surface area contributed by atoms with Gasteiger partial charge in [-0.05, 0) is 55.7 Å². The van der Waals surface area contributed by atoms with Crippen LogP contribution >= 0.6 is 23.4 Å². The van der Waals surface area contributed by atoms with Gasteiger partial charge in [0.25, 0.3) is 0 Å². The molecular formula is C28H31ClN4O6S. The maximum absolute atomic E-state index is 13.8. The zero-order valence-corrected chi connectivity index (χ0v) is 23.5. The van der Waals surface area contributed by atoms with E-state index in [2.05, 4.69) is 15.8 Å². The number of phenols is 2. The summed E-state index contributed by atoms with van der Waals surface area (Å²) in [6, 6.07) is 11.0. The number of phenolic OH excluding ortho intramolecular Hbond substituents is 2. The zero-order valence-electron chi connectivity index (χ0n) is 21.9. The summed E-state index contributed by atoms with van der Waals surface area (Å²) < 4.78 is 4.94. The van der Waals surface area contributed by atoms with Crippen molar-refractivity contribution < 1.29 is 29.1 Å². The molecule has 40 heavy (non-hydrogen) atoms. The van der Waals surface area contributed by atoms with Gasteiger partial charge < -0.3 is 25.4 Å². The van der Waals surface area contributed by atoms with Crippen LogP contribution in [0.4, 0.5) is 11.5 Å². The molecule has 212 valence electrons. The van der Waals surface area contributed by atoms with E-state index in [0.29, 0.717) is 22.0 Å². The van der Waals surface area contributed by atoms with Gasteiger partial charge in [0.05, 0.1) is 11.5 Å². The standard InChI is InChI=1S/C28H31ClN4O6S/c1-17-12-24(32-39-17)31-25(36)15-40-16-26(37)33(21-9-5-6-19(29)14-21)27(18-10-11-22(34)23(35)13-18)28(38)30-20-7-3-2-4-8-20/h5-6,9-14,20,27,34-35H,2-4,7-8,15-16H2,1H3,(H,30,38)(H,31,32,36)/t27-/m1/s1. The number of benzene rings is 2. The van der Waals surface area contributed by atoms with E-state index in [1.54, 1.807) is 37.3 Å². The number of carbonyl (C=O) groups excluding carboxylic acids is 3. The number of nitrogens with one attached hydrogen (secondary N) is 2. The lowest BCUT2D eigenvalue weighted by atomic mass is 9.94. The van der Waals surface area contributed by atoms with Gasteiger partial charge in [0.2, 0.25) is 17.7 Å². The molecule has 3 aromatic rings. The Morgan fingerprint density at radius 3 is 2.52 bits per heavy atom. The predicted molar refractivity (Wildman–Crippen MR) is 154 cm³/mol. The maximum atomic E-state index is 13.8. The lowest BCUT2D eigenvalue weighted by molar-refractivity contribution is -0.126. The summed E-state index contributed by atoms with van der Waals surface area (Å²) in [4.78, 5) is 41.3. The van der Waals surface area contributed by atoms with Crippen molar-refractivity contribution in [3.8, 4) is 11.5 Å². The normalized spacial score (nSPS) is 14.3. The molecule has 10 nitrogen and oxygen atoms in total. The lowest BCUT2D eigenvalue weighted by Gasteiger charge is -2.33.